The first-order valence-electron chi connectivity index (χ1n) is 10.3. The van der Waals surface area contributed by atoms with E-state index in [9.17, 15) is 4.79 Å². The maximum Gasteiger partial charge on any atom is 0.224 e. The summed E-state index contributed by atoms with van der Waals surface area (Å²) in [6, 6.07) is 13.4. The number of pyridine rings is 1. The fourth-order valence-electron chi connectivity index (χ4n) is 3.91. The van der Waals surface area contributed by atoms with Gasteiger partial charge in [-0.05, 0) is 62.0 Å². The summed E-state index contributed by atoms with van der Waals surface area (Å²) in [4.78, 5) is 17.0. The Bertz CT molecular complexity index is 940. The van der Waals surface area contributed by atoms with Crippen LogP contribution in [0.1, 0.15) is 31.9 Å². The van der Waals surface area contributed by atoms with Gasteiger partial charge in [0.05, 0.1) is 5.69 Å². The number of amides is 1. The minimum absolute atomic E-state index is 0. The first-order valence-corrected chi connectivity index (χ1v) is 10.3. The van der Waals surface area contributed by atoms with Gasteiger partial charge in [-0.2, -0.15) is 0 Å². The van der Waals surface area contributed by atoms with Crippen molar-refractivity contribution in [2.75, 3.05) is 18.4 Å². The molecule has 4 rings (SSSR count). The molecule has 1 amide bonds. The summed E-state index contributed by atoms with van der Waals surface area (Å²) in [7, 11) is 0. The monoisotopic (exact) mass is 464 g/mol. The minimum Gasteiger partial charge on any atom is -0.487 e. The number of carbonyl (C=O) groups excluding carboxylic acids is 1. The topological polar surface area (TPSA) is 67.7 Å². The van der Waals surface area contributed by atoms with E-state index in [1.807, 2.05) is 59.3 Å². The third-order valence-electron chi connectivity index (χ3n) is 5.57. The Morgan fingerprint density at radius 3 is 2.94 bits per heavy atom. The fraction of sp³-hybridized carbons (Fsp3) is 0.391. The zero-order chi connectivity index (χ0) is 20.1. The molecule has 6 nitrogen and oxygen atoms in total. The number of imidazole rings is 1. The van der Waals surface area contributed by atoms with Gasteiger partial charge in [0, 0.05) is 30.6 Å². The van der Waals surface area contributed by atoms with Crippen molar-refractivity contribution < 1.29 is 9.53 Å². The number of fused-ring (bicyclic) bond motifs is 1. The molecule has 1 aliphatic rings. The number of nitrogens with one attached hydrogen (secondary N) is 2. The summed E-state index contributed by atoms with van der Waals surface area (Å²) in [6.07, 6.45) is 6.86. The van der Waals surface area contributed by atoms with Crippen molar-refractivity contribution in [2.24, 2.45) is 11.8 Å². The van der Waals surface area contributed by atoms with Crippen LogP contribution in [0.4, 0.5) is 5.69 Å². The van der Waals surface area contributed by atoms with Crippen molar-refractivity contribution >= 4 is 42.1 Å². The molecule has 2 atom stereocenters. The second-order valence-corrected chi connectivity index (χ2v) is 7.85. The Morgan fingerprint density at radius 2 is 2.16 bits per heavy atom. The lowest BCUT2D eigenvalue weighted by molar-refractivity contribution is -0.117. The van der Waals surface area contributed by atoms with Gasteiger partial charge in [-0.3, -0.25) is 4.79 Å². The number of hydrogen-bond donors (Lipinski definition) is 2. The number of anilines is 1. The van der Waals surface area contributed by atoms with Crippen molar-refractivity contribution in [3.05, 3.63) is 60.6 Å². The van der Waals surface area contributed by atoms with Crippen LogP contribution in [-0.2, 0) is 11.4 Å². The molecule has 0 aliphatic carbocycles. The Labute approximate surface area is 195 Å². The Hall–Kier alpha value is -2.28. The highest BCUT2D eigenvalue weighted by Gasteiger charge is 2.22. The number of piperidine rings is 1. The van der Waals surface area contributed by atoms with Crippen LogP contribution in [0.5, 0.6) is 5.75 Å². The van der Waals surface area contributed by atoms with Gasteiger partial charge in [0.25, 0.3) is 0 Å². The summed E-state index contributed by atoms with van der Waals surface area (Å²) < 4.78 is 7.86. The maximum absolute atomic E-state index is 12.5. The van der Waals surface area contributed by atoms with Crippen LogP contribution in [0.15, 0.2) is 54.9 Å². The van der Waals surface area contributed by atoms with E-state index in [1.54, 1.807) is 0 Å². The van der Waals surface area contributed by atoms with E-state index in [-0.39, 0.29) is 30.7 Å². The van der Waals surface area contributed by atoms with Crippen LogP contribution in [0, 0.1) is 11.8 Å². The van der Waals surface area contributed by atoms with Crippen LogP contribution in [0.25, 0.3) is 5.65 Å². The van der Waals surface area contributed by atoms with Crippen molar-refractivity contribution in [1.82, 2.24) is 14.7 Å². The number of rotatable bonds is 7. The third kappa shape index (κ3) is 6.86. The molecule has 31 heavy (non-hydrogen) atoms. The predicted molar refractivity (Wildman–Crippen MR) is 128 cm³/mol. The van der Waals surface area contributed by atoms with Crippen molar-refractivity contribution in [2.45, 2.75) is 32.8 Å². The number of aromatic nitrogens is 2. The van der Waals surface area contributed by atoms with E-state index in [1.165, 1.54) is 12.8 Å². The number of hydrogen-bond acceptors (Lipinski definition) is 4. The van der Waals surface area contributed by atoms with Crippen LogP contribution < -0.4 is 15.4 Å². The van der Waals surface area contributed by atoms with Crippen molar-refractivity contribution in [3.63, 3.8) is 0 Å². The first-order chi connectivity index (χ1) is 14.2. The van der Waals surface area contributed by atoms with Gasteiger partial charge in [-0.15, -0.1) is 24.8 Å². The largest absolute Gasteiger partial charge is 0.487 e. The van der Waals surface area contributed by atoms with E-state index in [2.05, 4.69) is 22.5 Å². The third-order valence-corrected chi connectivity index (χ3v) is 5.57. The molecule has 168 valence electrons. The lowest BCUT2D eigenvalue weighted by Gasteiger charge is -2.28. The normalized spacial score (nSPS) is 16.6. The van der Waals surface area contributed by atoms with Crippen LogP contribution in [-0.4, -0.2) is 28.4 Å². The van der Waals surface area contributed by atoms with Gasteiger partial charge >= 0.3 is 0 Å². The molecule has 8 heteroatoms. The van der Waals surface area contributed by atoms with E-state index >= 15 is 0 Å². The zero-order valence-corrected chi connectivity index (χ0v) is 19.3. The molecule has 0 spiro atoms. The summed E-state index contributed by atoms with van der Waals surface area (Å²) in [6.45, 7) is 4.66. The summed E-state index contributed by atoms with van der Waals surface area (Å²) >= 11 is 0. The highest BCUT2D eigenvalue weighted by Crippen LogP contribution is 2.24. The molecule has 2 aromatic heterocycles. The van der Waals surface area contributed by atoms with Gasteiger partial charge in [0.1, 0.15) is 18.0 Å². The quantitative estimate of drug-likeness (QED) is 0.530. The fourth-order valence-corrected chi connectivity index (χ4v) is 3.91. The molecular weight excluding hydrogens is 435 g/mol. The molecule has 1 fully saturated rings. The van der Waals surface area contributed by atoms with Crippen LogP contribution in [0.2, 0.25) is 0 Å². The predicted octanol–water partition coefficient (Wildman–Crippen LogP) is 4.72. The molecule has 2 N–H and O–H groups in total. The van der Waals surface area contributed by atoms with Crippen molar-refractivity contribution in [1.29, 1.82) is 0 Å². The highest BCUT2D eigenvalue weighted by atomic mass is 35.5. The molecule has 1 aromatic carbocycles. The van der Waals surface area contributed by atoms with Crippen LogP contribution in [0.3, 0.4) is 0 Å². The second-order valence-electron chi connectivity index (χ2n) is 7.85. The molecule has 1 saturated heterocycles. The smallest absolute Gasteiger partial charge is 0.224 e. The van der Waals surface area contributed by atoms with Gasteiger partial charge in [-0.1, -0.05) is 19.1 Å². The molecule has 0 saturated carbocycles. The van der Waals surface area contributed by atoms with Gasteiger partial charge in [0.15, 0.2) is 0 Å². The lowest BCUT2D eigenvalue weighted by atomic mass is 9.85. The second kappa shape index (κ2) is 11.9. The van der Waals surface area contributed by atoms with Gasteiger partial charge < -0.3 is 19.8 Å². The van der Waals surface area contributed by atoms with Crippen molar-refractivity contribution in [3.8, 4) is 5.75 Å². The number of benzene rings is 1. The molecule has 3 heterocycles. The van der Waals surface area contributed by atoms with Gasteiger partial charge in [0.2, 0.25) is 5.91 Å². The molecule has 0 radical (unpaired) electrons. The maximum atomic E-state index is 12.5. The van der Waals surface area contributed by atoms with E-state index in [0.29, 0.717) is 30.6 Å². The molecule has 3 aromatic rings. The molecular formula is C23H30Cl2N4O2. The SMILES string of the molecule is CC(CC(=O)Nc1cccc(OCc2cn3ccccc3n2)c1)C1CCCNC1.Cl.Cl. The molecule has 2 unspecified atom stereocenters. The number of nitrogens with zero attached hydrogens (tertiary/aromatic N) is 2. The average molecular weight is 465 g/mol. The lowest BCUT2D eigenvalue weighted by Crippen LogP contribution is -2.34. The standard InChI is InChI=1S/C23H28N4O2.2ClH/c1-17(18-6-5-10-24-14-18)12-23(28)26-19-7-4-8-21(13-19)29-16-20-15-27-11-3-2-9-22(27)25-20;;/h2-4,7-9,11,13,15,17-18,24H,5-6,10,12,14,16H2,1H3,(H,26,28);2*1H. The number of halogens is 2. The van der Waals surface area contributed by atoms with E-state index in [0.717, 1.165) is 30.1 Å². The minimum atomic E-state index is 0. The molecule has 1 aliphatic heterocycles. The molecule has 0 bridgehead atoms. The highest BCUT2D eigenvalue weighted by molar-refractivity contribution is 5.91. The van der Waals surface area contributed by atoms with Gasteiger partial charge in [-0.25, -0.2) is 4.98 Å². The Kier molecular flexibility index (Phi) is 9.62. The average Bonchev–Trinajstić information content (AvgIpc) is 3.16. The van der Waals surface area contributed by atoms with E-state index < -0.39 is 0 Å². The summed E-state index contributed by atoms with van der Waals surface area (Å²) in [5.41, 5.74) is 2.52. The Balaban J connectivity index is 0.00000171. The van der Waals surface area contributed by atoms with Crippen LogP contribution >= 0.6 is 24.8 Å². The number of carbonyl (C=O) groups is 1. The summed E-state index contributed by atoms with van der Waals surface area (Å²) in [5, 5.41) is 6.44. The summed E-state index contributed by atoms with van der Waals surface area (Å²) in [5.74, 6) is 1.72. The van der Waals surface area contributed by atoms with E-state index in [4.69, 9.17) is 4.74 Å². The Morgan fingerprint density at radius 1 is 1.29 bits per heavy atom. The first kappa shape index (κ1) is 25.0. The zero-order valence-electron chi connectivity index (χ0n) is 17.6. The number of ether oxygens (including phenoxy) is 1.